The standard InChI is InChI=1S/C16H22N2O2S/c1-16(2,8-5-15(19)21-4)18(3)11-12-20-13-14-6-9-17-10-7-14/h6-7,9-10H,11-13H2,1-4H3. The molecular weight excluding hydrogens is 284 g/mol. The number of ether oxygens (including phenoxy) is 1. The number of thioether (sulfide) groups is 1. The van der Waals surface area contributed by atoms with Crippen molar-refractivity contribution in [3.8, 4) is 11.8 Å². The fraction of sp³-hybridized carbons (Fsp3) is 0.500. The highest BCUT2D eigenvalue weighted by Gasteiger charge is 2.20. The van der Waals surface area contributed by atoms with Crippen molar-refractivity contribution >= 4 is 16.9 Å². The summed E-state index contributed by atoms with van der Waals surface area (Å²) in [5.41, 5.74) is 0.753. The molecule has 0 aliphatic heterocycles. The first-order valence-electron chi connectivity index (χ1n) is 6.74. The zero-order chi connectivity index (χ0) is 15.7. The van der Waals surface area contributed by atoms with Crippen LogP contribution >= 0.6 is 11.8 Å². The zero-order valence-electron chi connectivity index (χ0n) is 13.0. The molecule has 1 rings (SSSR count). The normalized spacial score (nSPS) is 11.1. The van der Waals surface area contributed by atoms with Gasteiger partial charge in [-0.2, -0.15) is 0 Å². The molecule has 0 N–H and O–H groups in total. The number of hydrogen-bond donors (Lipinski definition) is 0. The Bertz CT molecular complexity index is 506. The number of hydrogen-bond acceptors (Lipinski definition) is 5. The van der Waals surface area contributed by atoms with Gasteiger partial charge >= 0.3 is 0 Å². The third-order valence-corrected chi connectivity index (χ3v) is 3.67. The third-order valence-electron chi connectivity index (χ3n) is 3.20. The van der Waals surface area contributed by atoms with Gasteiger partial charge in [0.05, 0.1) is 18.8 Å². The largest absolute Gasteiger partial charge is 0.375 e. The average molecular weight is 306 g/mol. The van der Waals surface area contributed by atoms with Gasteiger partial charge in [0, 0.05) is 18.9 Å². The van der Waals surface area contributed by atoms with Crippen molar-refractivity contribution in [1.82, 2.24) is 9.88 Å². The fourth-order valence-electron chi connectivity index (χ4n) is 1.50. The lowest BCUT2D eigenvalue weighted by molar-refractivity contribution is -0.106. The molecule has 0 aromatic carbocycles. The summed E-state index contributed by atoms with van der Waals surface area (Å²) in [5.74, 6) is 5.66. The van der Waals surface area contributed by atoms with E-state index in [4.69, 9.17) is 4.74 Å². The number of aromatic nitrogens is 1. The van der Waals surface area contributed by atoms with Gasteiger partial charge in [-0.25, -0.2) is 0 Å². The van der Waals surface area contributed by atoms with Crippen LogP contribution in [0.2, 0.25) is 0 Å². The van der Waals surface area contributed by atoms with Gasteiger partial charge in [-0.05, 0) is 50.8 Å². The molecule has 0 aliphatic carbocycles. The summed E-state index contributed by atoms with van der Waals surface area (Å²) in [5, 5.41) is -0.106. The molecule has 0 spiro atoms. The van der Waals surface area contributed by atoms with E-state index in [2.05, 4.69) is 21.7 Å². The number of likely N-dealkylation sites (N-methyl/N-ethyl adjacent to an activating group) is 1. The van der Waals surface area contributed by atoms with Gasteiger partial charge in [0.25, 0.3) is 5.12 Å². The van der Waals surface area contributed by atoms with Crippen molar-refractivity contribution in [3.05, 3.63) is 30.1 Å². The molecule has 1 aromatic rings. The second-order valence-electron chi connectivity index (χ2n) is 5.13. The van der Waals surface area contributed by atoms with Gasteiger partial charge in [0.1, 0.15) is 0 Å². The van der Waals surface area contributed by atoms with Crippen LogP contribution in [0, 0.1) is 11.8 Å². The maximum Gasteiger partial charge on any atom is 0.262 e. The summed E-state index contributed by atoms with van der Waals surface area (Å²) < 4.78 is 5.64. The van der Waals surface area contributed by atoms with E-state index in [1.165, 1.54) is 0 Å². The molecule has 0 atom stereocenters. The molecule has 0 saturated carbocycles. The minimum atomic E-state index is -0.356. The summed E-state index contributed by atoms with van der Waals surface area (Å²) in [6.45, 7) is 5.93. The van der Waals surface area contributed by atoms with Crippen molar-refractivity contribution in [2.45, 2.75) is 26.0 Å². The zero-order valence-corrected chi connectivity index (χ0v) is 13.9. The van der Waals surface area contributed by atoms with Gasteiger partial charge in [0.2, 0.25) is 0 Å². The number of pyridine rings is 1. The summed E-state index contributed by atoms with van der Waals surface area (Å²) in [7, 11) is 1.98. The van der Waals surface area contributed by atoms with Crippen molar-refractivity contribution in [2.75, 3.05) is 26.5 Å². The van der Waals surface area contributed by atoms with Crippen LogP contribution in [0.5, 0.6) is 0 Å². The van der Waals surface area contributed by atoms with Gasteiger partial charge in [0.15, 0.2) is 0 Å². The van der Waals surface area contributed by atoms with Crippen molar-refractivity contribution in [2.24, 2.45) is 0 Å². The molecule has 1 heterocycles. The van der Waals surface area contributed by atoms with E-state index in [1.807, 2.05) is 33.0 Å². The average Bonchev–Trinajstić information content (AvgIpc) is 2.50. The number of carbonyl (C=O) groups excluding carboxylic acids is 1. The minimum Gasteiger partial charge on any atom is -0.375 e. The highest BCUT2D eigenvalue weighted by molar-refractivity contribution is 8.13. The van der Waals surface area contributed by atoms with E-state index in [0.29, 0.717) is 13.2 Å². The topological polar surface area (TPSA) is 42.4 Å². The van der Waals surface area contributed by atoms with Crippen LogP contribution in [0.1, 0.15) is 19.4 Å². The summed E-state index contributed by atoms with van der Waals surface area (Å²) in [6.07, 6.45) is 5.25. The Morgan fingerprint density at radius 3 is 2.71 bits per heavy atom. The first kappa shape index (κ1) is 17.7. The predicted octanol–water partition coefficient (Wildman–Crippen LogP) is 2.20. The van der Waals surface area contributed by atoms with Gasteiger partial charge < -0.3 is 4.74 Å². The van der Waals surface area contributed by atoms with E-state index in [9.17, 15) is 4.79 Å². The summed E-state index contributed by atoms with van der Waals surface area (Å²) in [4.78, 5) is 17.3. The van der Waals surface area contributed by atoms with Crippen LogP contribution in [0.4, 0.5) is 0 Å². The van der Waals surface area contributed by atoms with Crippen molar-refractivity contribution < 1.29 is 9.53 Å². The number of nitrogens with zero attached hydrogens (tertiary/aromatic N) is 2. The van der Waals surface area contributed by atoms with E-state index in [0.717, 1.165) is 23.9 Å². The Labute approximate surface area is 131 Å². The lowest BCUT2D eigenvalue weighted by Gasteiger charge is -2.30. The maximum atomic E-state index is 11.2. The summed E-state index contributed by atoms with van der Waals surface area (Å²) >= 11 is 1.14. The van der Waals surface area contributed by atoms with Crippen LogP contribution in [0.25, 0.3) is 0 Å². The molecule has 1 aromatic heterocycles. The Kier molecular flexibility index (Phi) is 7.44. The van der Waals surface area contributed by atoms with Gasteiger partial charge in [-0.1, -0.05) is 17.7 Å². The minimum absolute atomic E-state index is 0.106. The van der Waals surface area contributed by atoms with Crippen LogP contribution in [-0.4, -0.2) is 47.0 Å². The second kappa shape index (κ2) is 8.83. The molecule has 0 unspecified atom stereocenters. The second-order valence-corrected chi connectivity index (χ2v) is 5.91. The monoisotopic (exact) mass is 306 g/mol. The van der Waals surface area contributed by atoms with Crippen LogP contribution < -0.4 is 0 Å². The molecule has 0 fully saturated rings. The molecule has 5 heteroatoms. The lowest BCUT2D eigenvalue weighted by atomic mass is 10.0. The maximum absolute atomic E-state index is 11.2. The van der Waals surface area contributed by atoms with Crippen molar-refractivity contribution in [1.29, 1.82) is 0 Å². The predicted molar refractivity (Wildman–Crippen MR) is 86.9 cm³/mol. The molecule has 0 amide bonds. The molecule has 114 valence electrons. The quantitative estimate of drug-likeness (QED) is 0.595. The number of carbonyl (C=O) groups is 1. The first-order valence-corrected chi connectivity index (χ1v) is 7.97. The van der Waals surface area contributed by atoms with Crippen LogP contribution in [0.15, 0.2) is 24.5 Å². The Balaban J connectivity index is 2.36. The molecule has 21 heavy (non-hydrogen) atoms. The molecule has 0 radical (unpaired) electrons. The third kappa shape index (κ3) is 6.76. The highest BCUT2D eigenvalue weighted by atomic mass is 32.2. The van der Waals surface area contributed by atoms with Crippen LogP contribution in [-0.2, 0) is 16.1 Å². The van der Waals surface area contributed by atoms with Gasteiger partial charge in [-0.15, -0.1) is 0 Å². The molecule has 0 aliphatic rings. The highest BCUT2D eigenvalue weighted by Crippen LogP contribution is 2.11. The summed E-state index contributed by atoms with van der Waals surface area (Å²) in [6, 6.07) is 3.88. The molecular formula is C16H22N2O2S. The Hall–Kier alpha value is -1.35. The van der Waals surface area contributed by atoms with Gasteiger partial charge in [-0.3, -0.25) is 14.7 Å². The smallest absolute Gasteiger partial charge is 0.262 e. The van der Waals surface area contributed by atoms with Crippen LogP contribution in [0.3, 0.4) is 0 Å². The molecule has 0 saturated heterocycles. The fourth-order valence-corrected chi connectivity index (χ4v) is 1.65. The van der Waals surface area contributed by atoms with Crippen molar-refractivity contribution in [3.63, 3.8) is 0 Å². The van der Waals surface area contributed by atoms with E-state index < -0.39 is 0 Å². The molecule has 4 nitrogen and oxygen atoms in total. The van der Waals surface area contributed by atoms with E-state index >= 15 is 0 Å². The molecule has 0 bridgehead atoms. The number of rotatable bonds is 6. The first-order chi connectivity index (χ1) is 9.95. The van der Waals surface area contributed by atoms with E-state index in [1.54, 1.807) is 18.6 Å². The SMILES string of the molecule is CSC(=O)C#CC(C)(C)N(C)CCOCc1ccncc1. The van der Waals surface area contributed by atoms with E-state index in [-0.39, 0.29) is 10.7 Å². The Morgan fingerprint density at radius 1 is 1.43 bits per heavy atom. The Morgan fingerprint density at radius 2 is 2.10 bits per heavy atom. The lowest BCUT2D eigenvalue weighted by Crippen LogP contribution is -2.41.